The Labute approximate surface area is 101 Å². The van der Waals surface area contributed by atoms with Crippen LogP contribution >= 0.6 is 0 Å². The second-order valence-corrected chi connectivity index (χ2v) is 4.11. The zero-order chi connectivity index (χ0) is 12.3. The maximum atomic E-state index is 11.9. The van der Waals surface area contributed by atoms with Crippen LogP contribution in [0.3, 0.4) is 0 Å². The molecule has 0 spiro atoms. The van der Waals surface area contributed by atoms with Crippen LogP contribution in [-0.2, 0) is 11.3 Å². The van der Waals surface area contributed by atoms with E-state index in [0.717, 1.165) is 18.7 Å². The average Bonchev–Trinajstić information content (AvgIpc) is 2.35. The van der Waals surface area contributed by atoms with E-state index in [0.29, 0.717) is 12.4 Å². The quantitative estimate of drug-likeness (QED) is 0.824. The van der Waals surface area contributed by atoms with Crippen molar-refractivity contribution in [1.29, 1.82) is 0 Å². The van der Waals surface area contributed by atoms with E-state index in [9.17, 15) is 4.79 Å². The summed E-state index contributed by atoms with van der Waals surface area (Å²) in [6, 6.07) is 3.69. The molecule has 1 saturated heterocycles. The molecule has 92 valence electrons. The van der Waals surface area contributed by atoms with Gasteiger partial charge in [-0.25, -0.2) is 4.98 Å². The van der Waals surface area contributed by atoms with Gasteiger partial charge in [-0.3, -0.25) is 4.79 Å². The highest BCUT2D eigenvalue weighted by atomic mass is 16.5. The lowest BCUT2D eigenvalue weighted by Gasteiger charge is -2.31. The fourth-order valence-electron chi connectivity index (χ4n) is 1.98. The molecule has 0 aromatic carbocycles. The van der Waals surface area contributed by atoms with Crippen molar-refractivity contribution in [3.05, 3.63) is 23.9 Å². The minimum Gasteiger partial charge on any atom is -0.481 e. The molecule has 2 heterocycles. The number of aromatic nitrogens is 1. The third-order valence-electron chi connectivity index (χ3n) is 2.92. The number of ether oxygens (including phenoxy) is 1. The molecule has 5 nitrogen and oxygen atoms in total. The summed E-state index contributed by atoms with van der Waals surface area (Å²) >= 11 is 0. The lowest BCUT2D eigenvalue weighted by atomic mass is 10.2. The maximum absolute atomic E-state index is 11.9. The number of carbonyl (C=O) groups excluding carboxylic acids is 1. The number of piperazine rings is 1. The second-order valence-electron chi connectivity index (χ2n) is 4.11. The Hall–Kier alpha value is -1.62. The predicted molar refractivity (Wildman–Crippen MR) is 63.7 cm³/mol. The smallest absolute Gasteiger partial charge is 0.239 e. The van der Waals surface area contributed by atoms with Crippen LogP contribution in [0.1, 0.15) is 12.5 Å². The Bertz CT molecular complexity index is 408. The standard InChI is InChI=1S/C12H17N3O2/c1-9-12(16)15(7-6-13-9)8-10-4-3-5-14-11(10)17-2/h3-5,9,13H,6-8H2,1-2H3. The summed E-state index contributed by atoms with van der Waals surface area (Å²) < 4.78 is 5.18. The van der Waals surface area contributed by atoms with Crippen LogP contribution in [0.2, 0.25) is 0 Å². The van der Waals surface area contributed by atoms with Gasteiger partial charge in [0.1, 0.15) is 0 Å². The molecule has 0 saturated carbocycles. The topological polar surface area (TPSA) is 54.5 Å². The van der Waals surface area contributed by atoms with E-state index in [1.807, 2.05) is 24.0 Å². The summed E-state index contributed by atoms with van der Waals surface area (Å²) in [6.45, 7) is 3.99. The molecule has 1 aromatic heterocycles. The molecule has 0 aliphatic carbocycles. The van der Waals surface area contributed by atoms with E-state index in [1.165, 1.54) is 0 Å². The molecule has 1 aliphatic heterocycles. The van der Waals surface area contributed by atoms with Gasteiger partial charge in [-0.2, -0.15) is 0 Å². The molecule has 1 aliphatic rings. The van der Waals surface area contributed by atoms with Crippen molar-refractivity contribution in [3.63, 3.8) is 0 Å². The first-order chi connectivity index (χ1) is 8.22. The summed E-state index contributed by atoms with van der Waals surface area (Å²) in [5, 5.41) is 3.14. The van der Waals surface area contributed by atoms with Crippen molar-refractivity contribution >= 4 is 5.91 Å². The van der Waals surface area contributed by atoms with Crippen LogP contribution in [0.25, 0.3) is 0 Å². The minimum absolute atomic E-state index is 0.105. The Kier molecular flexibility index (Phi) is 3.58. The number of carbonyl (C=O) groups is 1. The Morgan fingerprint density at radius 2 is 2.47 bits per heavy atom. The Balaban J connectivity index is 2.12. The van der Waals surface area contributed by atoms with Crippen molar-refractivity contribution in [2.45, 2.75) is 19.5 Å². The van der Waals surface area contributed by atoms with Crippen LogP contribution in [0, 0.1) is 0 Å². The zero-order valence-electron chi connectivity index (χ0n) is 10.1. The predicted octanol–water partition coefficient (Wildman–Crippen LogP) is 0.410. The van der Waals surface area contributed by atoms with Crippen LogP contribution in [0.4, 0.5) is 0 Å². The molecular formula is C12H17N3O2. The highest BCUT2D eigenvalue weighted by Gasteiger charge is 2.25. The highest BCUT2D eigenvalue weighted by molar-refractivity contribution is 5.82. The summed E-state index contributed by atoms with van der Waals surface area (Å²) in [4.78, 5) is 17.9. The number of methoxy groups -OCH3 is 1. The van der Waals surface area contributed by atoms with E-state index in [4.69, 9.17) is 4.74 Å². The Morgan fingerprint density at radius 3 is 3.24 bits per heavy atom. The van der Waals surface area contributed by atoms with Crippen molar-refractivity contribution in [1.82, 2.24) is 15.2 Å². The number of hydrogen-bond donors (Lipinski definition) is 1. The van der Waals surface area contributed by atoms with E-state index >= 15 is 0 Å². The largest absolute Gasteiger partial charge is 0.481 e. The lowest BCUT2D eigenvalue weighted by molar-refractivity contribution is -0.135. The van der Waals surface area contributed by atoms with E-state index < -0.39 is 0 Å². The van der Waals surface area contributed by atoms with Gasteiger partial charge in [0.05, 0.1) is 19.7 Å². The second kappa shape index (κ2) is 5.14. The summed E-state index contributed by atoms with van der Waals surface area (Å²) in [5.41, 5.74) is 0.942. The number of rotatable bonds is 3. The molecular weight excluding hydrogens is 218 g/mol. The first-order valence-corrected chi connectivity index (χ1v) is 5.72. The number of nitrogens with zero attached hydrogens (tertiary/aromatic N) is 2. The van der Waals surface area contributed by atoms with Gasteiger partial charge >= 0.3 is 0 Å². The fourth-order valence-corrected chi connectivity index (χ4v) is 1.98. The van der Waals surface area contributed by atoms with Crippen molar-refractivity contribution < 1.29 is 9.53 Å². The van der Waals surface area contributed by atoms with Crippen molar-refractivity contribution in [3.8, 4) is 5.88 Å². The molecule has 5 heteroatoms. The van der Waals surface area contributed by atoms with Gasteiger partial charge in [0.25, 0.3) is 0 Å². The molecule has 0 radical (unpaired) electrons. The highest BCUT2D eigenvalue weighted by Crippen LogP contribution is 2.17. The molecule has 1 unspecified atom stereocenters. The first-order valence-electron chi connectivity index (χ1n) is 5.72. The van der Waals surface area contributed by atoms with E-state index in [2.05, 4.69) is 10.3 Å². The van der Waals surface area contributed by atoms with Gasteiger partial charge in [-0.15, -0.1) is 0 Å². The normalized spacial score (nSPS) is 20.5. The molecule has 0 bridgehead atoms. The maximum Gasteiger partial charge on any atom is 0.239 e. The van der Waals surface area contributed by atoms with Crippen LogP contribution in [0.15, 0.2) is 18.3 Å². The zero-order valence-corrected chi connectivity index (χ0v) is 10.1. The third-order valence-corrected chi connectivity index (χ3v) is 2.92. The van der Waals surface area contributed by atoms with Crippen LogP contribution in [0.5, 0.6) is 5.88 Å². The van der Waals surface area contributed by atoms with Gasteiger partial charge in [-0.1, -0.05) is 6.07 Å². The molecule has 1 aromatic rings. The molecule has 1 N–H and O–H groups in total. The lowest BCUT2D eigenvalue weighted by Crippen LogP contribution is -2.53. The molecule has 1 fully saturated rings. The molecule has 1 atom stereocenters. The summed E-state index contributed by atoms with van der Waals surface area (Å²) in [7, 11) is 1.59. The summed E-state index contributed by atoms with van der Waals surface area (Å²) in [6.07, 6.45) is 1.69. The van der Waals surface area contributed by atoms with Crippen molar-refractivity contribution in [2.24, 2.45) is 0 Å². The van der Waals surface area contributed by atoms with Crippen LogP contribution < -0.4 is 10.1 Å². The monoisotopic (exact) mass is 235 g/mol. The van der Waals surface area contributed by atoms with Crippen molar-refractivity contribution in [2.75, 3.05) is 20.2 Å². The number of amides is 1. The fraction of sp³-hybridized carbons (Fsp3) is 0.500. The first kappa shape index (κ1) is 11.9. The average molecular weight is 235 g/mol. The van der Waals surface area contributed by atoms with Gasteiger partial charge in [-0.05, 0) is 13.0 Å². The van der Waals surface area contributed by atoms with Crippen LogP contribution in [-0.4, -0.2) is 42.0 Å². The minimum atomic E-state index is -0.105. The third kappa shape index (κ3) is 2.55. The van der Waals surface area contributed by atoms with Gasteiger partial charge in [0.15, 0.2) is 0 Å². The number of pyridine rings is 1. The summed E-state index contributed by atoms with van der Waals surface area (Å²) in [5.74, 6) is 0.716. The van der Waals surface area contributed by atoms with Gasteiger partial charge < -0.3 is 15.0 Å². The number of nitrogens with one attached hydrogen (secondary N) is 1. The molecule has 2 rings (SSSR count). The van der Waals surface area contributed by atoms with E-state index in [-0.39, 0.29) is 11.9 Å². The Morgan fingerprint density at radius 1 is 1.65 bits per heavy atom. The van der Waals surface area contributed by atoms with Gasteiger partial charge in [0.2, 0.25) is 11.8 Å². The van der Waals surface area contributed by atoms with Gasteiger partial charge in [0, 0.05) is 24.8 Å². The molecule has 17 heavy (non-hydrogen) atoms. The molecule has 1 amide bonds. The number of hydrogen-bond acceptors (Lipinski definition) is 4. The SMILES string of the molecule is COc1ncccc1CN1CCNC(C)C1=O. The van der Waals surface area contributed by atoms with E-state index in [1.54, 1.807) is 13.3 Å².